The Kier molecular flexibility index (Phi) is 5.38. The van der Waals surface area contributed by atoms with Crippen LogP contribution in [0.2, 0.25) is 0 Å². The fraction of sp³-hybridized carbons (Fsp3) is 0.222. The fourth-order valence-electron chi connectivity index (χ4n) is 2.20. The van der Waals surface area contributed by atoms with Crippen molar-refractivity contribution in [3.8, 4) is 17.9 Å². The van der Waals surface area contributed by atoms with Gasteiger partial charge >= 0.3 is 0 Å². The largest absolute Gasteiger partial charge is 0.489 e. The van der Waals surface area contributed by atoms with E-state index >= 15 is 0 Å². The van der Waals surface area contributed by atoms with E-state index in [4.69, 9.17) is 15.3 Å². The highest BCUT2D eigenvalue weighted by molar-refractivity contribution is 5.37. The van der Waals surface area contributed by atoms with Crippen molar-refractivity contribution in [1.82, 2.24) is 0 Å². The van der Waals surface area contributed by atoms with E-state index in [0.29, 0.717) is 19.4 Å². The van der Waals surface area contributed by atoms with Crippen LogP contribution < -0.4 is 4.74 Å². The Morgan fingerprint density at radius 3 is 2.14 bits per heavy atom. The molecule has 21 heavy (non-hydrogen) atoms. The number of hydrogen-bond acceptors (Lipinski definition) is 3. The molecule has 3 heteroatoms. The summed E-state index contributed by atoms with van der Waals surface area (Å²) in [5.41, 5.74) is 2.01. The van der Waals surface area contributed by atoms with Gasteiger partial charge in [-0.15, -0.1) is 0 Å². The molecule has 0 radical (unpaired) electrons. The van der Waals surface area contributed by atoms with E-state index in [-0.39, 0.29) is 5.92 Å². The first-order valence-electron chi connectivity index (χ1n) is 6.84. The molecular formula is C18H16N2O. The lowest BCUT2D eigenvalue weighted by atomic mass is 9.93. The molecule has 0 fully saturated rings. The van der Waals surface area contributed by atoms with Crippen molar-refractivity contribution in [2.24, 2.45) is 0 Å². The molecule has 0 aliphatic heterocycles. The van der Waals surface area contributed by atoms with E-state index in [1.165, 1.54) is 0 Å². The highest BCUT2D eigenvalue weighted by atomic mass is 16.5. The minimum absolute atomic E-state index is 0.105. The molecule has 0 heterocycles. The average Bonchev–Trinajstić information content (AvgIpc) is 2.54. The predicted octanol–water partition coefficient (Wildman–Crippen LogP) is 4.18. The van der Waals surface area contributed by atoms with Gasteiger partial charge in [0.2, 0.25) is 0 Å². The Balaban J connectivity index is 2.16. The van der Waals surface area contributed by atoms with Crippen LogP contribution in [0.3, 0.4) is 0 Å². The third-order valence-electron chi connectivity index (χ3n) is 3.27. The molecule has 0 aromatic heterocycles. The second kappa shape index (κ2) is 7.72. The molecule has 0 unspecified atom stereocenters. The summed E-state index contributed by atoms with van der Waals surface area (Å²) >= 11 is 0. The van der Waals surface area contributed by atoms with E-state index in [9.17, 15) is 0 Å². The number of ether oxygens (including phenoxy) is 1. The van der Waals surface area contributed by atoms with Crippen LogP contribution in [0.1, 0.15) is 29.9 Å². The second-order valence-electron chi connectivity index (χ2n) is 4.73. The molecular weight excluding hydrogens is 260 g/mol. The highest BCUT2D eigenvalue weighted by Gasteiger charge is 2.15. The Bertz CT molecular complexity index is 637. The lowest BCUT2D eigenvalue weighted by Crippen LogP contribution is -2.03. The number of rotatable bonds is 6. The number of nitriles is 2. The molecule has 0 atom stereocenters. The molecule has 104 valence electrons. The molecule has 0 saturated heterocycles. The summed E-state index contributed by atoms with van der Waals surface area (Å²) in [5, 5.41) is 17.8. The lowest BCUT2D eigenvalue weighted by Gasteiger charge is -2.16. The number of nitrogens with zero attached hydrogens (tertiary/aromatic N) is 2. The highest BCUT2D eigenvalue weighted by Crippen LogP contribution is 2.31. The third kappa shape index (κ3) is 4.09. The second-order valence-corrected chi connectivity index (χ2v) is 4.73. The quantitative estimate of drug-likeness (QED) is 0.795. The van der Waals surface area contributed by atoms with Gasteiger partial charge in [0.05, 0.1) is 12.1 Å². The van der Waals surface area contributed by atoms with Crippen molar-refractivity contribution in [1.29, 1.82) is 10.5 Å². The number of para-hydroxylation sites is 1. The summed E-state index contributed by atoms with van der Waals surface area (Å²) in [4.78, 5) is 0. The van der Waals surface area contributed by atoms with Gasteiger partial charge in [0.15, 0.2) is 0 Å². The van der Waals surface area contributed by atoms with E-state index in [2.05, 4.69) is 12.1 Å². The Labute approximate surface area is 125 Å². The Hall–Kier alpha value is -2.78. The Morgan fingerprint density at radius 2 is 1.48 bits per heavy atom. The monoisotopic (exact) mass is 276 g/mol. The van der Waals surface area contributed by atoms with Crippen molar-refractivity contribution < 1.29 is 4.74 Å². The van der Waals surface area contributed by atoms with Crippen molar-refractivity contribution >= 4 is 0 Å². The number of benzene rings is 2. The van der Waals surface area contributed by atoms with Crippen molar-refractivity contribution in [3.05, 3.63) is 65.7 Å². The maximum absolute atomic E-state index is 8.92. The van der Waals surface area contributed by atoms with Crippen molar-refractivity contribution in [2.45, 2.75) is 25.4 Å². The molecule has 2 aromatic carbocycles. The zero-order valence-corrected chi connectivity index (χ0v) is 11.7. The molecule has 2 rings (SSSR count). The van der Waals surface area contributed by atoms with Crippen LogP contribution in [0.15, 0.2) is 54.6 Å². The van der Waals surface area contributed by atoms with Crippen molar-refractivity contribution in [3.63, 3.8) is 0 Å². The topological polar surface area (TPSA) is 56.8 Å². The van der Waals surface area contributed by atoms with Gasteiger partial charge in [-0.05, 0) is 17.2 Å². The van der Waals surface area contributed by atoms with Crippen LogP contribution in [0, 0.1) is 22.7 Å². The van der Waals surface area contributed by atoms with E-state index < -0.39 is 0 Å². The molecule has 0 N–H and O–H groups in total. The first kappa shape index (κ1) is 14.6. The molecule has 0 aliphatic rings. The summed E-state index contributed by atoms with van der Waals surface area (Å²) in [6.07, 6.45) is 0.637. The molecule has 2 aromatic rings. The van der Waals surface area contributed by atoms with Crippen LogP contribution in [-0.4, -0.2) is 0 Å². The van der Waals surface area contributed by atoms with Gasteiger partial charge in [-0.3, -0.25) is 0 Å². The lowest BCUT2D eigenvalue weighted by molar-refractivity contribution is 0.301. The van der Waals surface area contributed by atoms with Crippen LogP contribution >= 0.6 is 0 Å². The maximum Gasteiger partial charge on any atom is 0.123 e. The Morgan fingerprint density at radius 1 is 0.857 bits per heavy atom. The summed E-state index contributed by atoms with van der Waals surface area (Å²) in [6.45, 7) is 0.476. The average molecular weight is 276 g/mol. The third-order valence-corrected chi connectivity index (χ3v) is 3.27. The summed E-state index contributed by atoms with van der Waals surface area (Å²) < 4.78 is 5.88. The minimum atomic E-state index is -0.105. The zero-order valence-electron chi connectivity index (χ0n) is 11.7. The van der Waals surface area contributed by atoms with Gasteiger partial charge in [0.1, 0.15) is 12.4 Å². The van der Waals surface area contributed by atoms with Gasteiger partial charge < -0.3 is 4.74 Å². The molecule has 0 amide bonds. The van der Waals surface area contributed by atoms with Crippen molar-refractivity contribution in [2.75, 3.05) is 0 Å². The summed E-state index contributed by atoms with van der Waals surface area (Å²) in [6, 6.07) is 21.8. The molecule has 0 spiro atoms. The van der Waals surface area contributed by atoms with Crippen LogP contribution in [0.4, 0.5) is 0 Å². The minimum Gasteiger partial charge on any atom is -0.489 e. The molecule has 0 bridgehead atoms. The standard InChI is InChI=1S/C18H16N2O/c19-12-10-16(11-13-20)17-8-4-5-9-18(17)21-14-15-6-2-1-3-7-15/h1-9,16H,10-11,14H2. The summed E-state index contributed by atoms with van der Waals surface area (Å²) in [5.74, 6) is 0.642. The molecule has 0 aliphatic carbocycles. The van der Waals surface area contributed by atoms with Gasteiger partial charge in [-0.2, -0.15) is 10.5 Å². The summed E-state index contributed by atoms with van der Waals surface area (Å²) in [7, 11) is 0. The van der Waals surface area contributed by atoms with E-state index in [1.807, 2.05) is 54.6 Å². The van der Waals surface area contributed by atoms with Gasteiger partial charge in [-0.1, -0.05) is 48.5 Å². The van der Waals surface area contributed by atoms with E-state index in [0.717, 1.165) is 16.9 Å². The van der Waals surface area contributed by atoms with Crippen LogP contribution in [0.5, 0.6) is 5.75 Å². The van der Waals surface area contributed by atoms with E-state index in [1.54, 1.807) is 0 Å². The van der Waals surface area contributed by atoms with Gasteiger partial charge in [0, 0.05) is 18.8 Å². The first-order chi connectivity index (χ1) is 10.3. The molecule has 3 nitrogen and oxygen atoms in total. The zero-order chi connectivity index (χ0) is 14.9. The molecule has 0 saturated carbocycles. The van der Waals surface area contributed by atoms with Gasteiger partial charge in [0.25, 0.3) is 0 Å². The normalized spacial score (nSPS) is 9.86. The number of hydrogen-bond donors (Lipinski definition) is 0. The van der Waals surface area contributed by atoms with Gasteiger partial charge in [-0.25, -0.2) is 0 Å². The first-order valence-corrected chi connectivity index (χ1v) is 6.84. The fourth-order valence-corrected chi connectivity index (χ4v) is 2.20. The van der Waals surface area contributed by atoms with Crippen LogP contribution in [0.25, 0.3) is 0 Å². The predicted molar refractivity (Wildman–Crippen MR) is 80.4 cm³/mol. The van der Waals surface area contributed by atoms with Crippen LogP contribution in [-0.2, 0) is 6.61 Å². The smallest absolute Gasteiger partial charge is 0.123 e. The SMILES string of the molecule is N#CCC(CC#N)c1ccccc1OCc1ccccc1. The maximum atomic E-state index is 8.92.